The summed E-state index contributed by atoms with van der Waals surface area (Å²) in [5.41, 5.74) is 1.50. The third-order valence-corrected chi connectivity index (χ3v) is 5.99. The lowest BCUT2D eigenvalue weighted by molar-refractivity contribution is 0.277. The molecule has 2 aromatic heterocycles. The van der Waals surface area contributed by atoms with Gasteiger partial charge >= 0.3 is 6.01 Å². The molecule has 0 spiro atoms. The van der Waals surface area contributed by atoms with Crippen molar-refractivity contribution in [2.45, 2.75) is 77.7 Å². The molecule has 1 saturated heterocycles. The van der Waals surface area contributed by atoms with Crippen LogP contribution < -0.4 is 14.8 Å². The molecule has 3 heterocycles. The van der Waals surface area contributed by atoms with Crippen LogP contribution >= 0.6 is 0 Å². The molecule has 0 aliphatic carbocycles. The summed E-state index contributed by atoms with van der Waals surface area (Å²) in [5, 5.41) is 3.12. The predicted octanol–water partition coefficient (Wildman–Crippen LogP) is 4.49. The zero-order valence-electron chi connectivity index (χ0n) is 19.7. The number of methoxy groups -OCH3 is 1. The third kappa shape index (κ3) is 6.69. The Morgan fingerprint density at radius 1 is 0.903 bits per heavy atom. The Bertz CT molecular complexity index is 786. The van der Waals surface area contributed by atoms with Crippen molar-refractivity contribution >= 4 is 17.0 Å². The summed E-state index contributed by atoms with van der Waals surface area (Å²) in [6.45, 7) is 7.41. The fraction of sp³-hybridized carbons (Fsp3) is 0.783. The summed E-state index contributed by atoms with van der Waals surface area (Å²) < 4.78 is 13.4. The van der Waals surface area contributed by atoms with Crippen LogP contribution in [0.25, 0.3) is 11.2 Å². The van der Waals surface area contributed by atoms with E-state index in [1.807, 2.05) is 7.05 Å². The van der Waals surface area contributed by atoms with E-state index in [0.29, 0.717) is 24.4 Å². The van der Waals surface area contributed by atoms with Crippen molar-refractivity contribution in [3.8, 4) is 12.0 Å². The first-order valence-electron chi connectivity index (χ1n) is 12.1. The van der Waals surface area contributed by atoms with E-state index in [-0.39, 0.29) is 0 Å². The molecule has 174 valence electrons. The summed E-state index contributed by atoms with van der Waals surface area (Å²) in [6, 6.07) is 0.975. The minimum atomic E-state index is 0.395. The largest absolute Gasteiger partial charge is 0.468 e. The second-order valence-electron chi connectivity index (χ2n) is 8.40. The normalized spacial score (nSPS) is 15.2. The second kappa shape index (κ2) is 12.7. The molecule has 0 unspecified atom stereocenters. The zero-order chi connectivity index (χ0) is 21.9. The molecule has 2 aromatic rings. The van der Waals surface area contributed by atoms with E-state index >= 15 is 0 Å². The molecule has 1 aliphatic rings. The Morgan fingerprint density at radius 3 is 2.32 bits per heavy atom. The first-order valence-corrected chi connectivity index (χ1v) is 12.1. The van der Waals surface area contributed by atoms with Gasteiger partial charge in [-0.05, 0) is 51.7 Å². The van der Waals surface area contributed by atoms with Gasteiger partial charge in [-0.3, -0.25) is 4.57 Å². The van der Waals surface area contributed by atoms with E-state index in [4.69, 9.17) is 9.47 Å². The Labute approximate surface area is 186 Å². The highest BCUT2D eigenvalue weighted by molar-refractivity contribution is 5.84. The number of unbranched alkanes of at least 4 members (excludes halogenated alkanes) is 4. The van der Waals surface area contributed by atoms with Crippen LogP contribution in [0.3, 0.4) is 0 Å². The zero-order valence-corrected chi connectivity index (χ0v) is 19.7. The quantitative estimate of drug-likeness (QED) is 0.467. The van der Waals surface area contributed by atoms with Crippen molar-refractivity contribution < 1.29 is 9.47 Å². The van der Waals surface area contributed by atoms with Gasteiger partial charge in [-0.1, -0.05) is 39.0 Å². The topological polar surface area (TPSA) is 77.3 Å². The van der Waals surface area contributed by atoms with Gasteiger partial charge in [-0.25, -0.2) is 0 Å². The van der Waals surface area contributed by atoms with Crippen molar-refractivity contribution in [2.75, 3.05) is 45.7 Å². The first-order chi connectivity index (χ1) is 15.3. The molecule has 0 aromatic carbocycles. The van der Waals surface area contributed by atoms with Crippen LogP contribution in [0.1, 0.15) is 71.1 Å². The maximum absolute atomic E-state index is 5.77. The highest BCUT2D eigenvalue weighted by Gasteiger charge is 2.18. The van der Waals surface area contributed by atoms with Crippen LogP contribution in [-0.4, -0.2) is 64.8 Å². The van der Waals surface area contributed by atoms with Gasteiger partial charge in [0.2, 0.25) is 0 Å². The van der Waals surface area contributed by atoms with E-state index in [1.165, 1.54) is 64.6 Å². The highest BCUT2D eigenvalue weighted by atomic mass is 16.5. The van der Waals surface area contributed by atoms with Crippen LogP contribution in [0.15, 0.2) is 0 Å². The van der Waals surface area contributed by atoms with E-state index in [0.717, 1.165) is 37.0 Å². The summed E-state index contributed by atoms with van der Waals surface area (Å²) in [6.07, 6.45) is 12.4. The maximum atomic E-state index is 5.77. The summed E-state index contributed by atoms with van der Waals surface area (Å²) >= 11 is 0. The molecule has 0 radical (unpaired) electrons. The number of nitrogens with one attached hydrogen (secondary N) is 1. The minimum Gasteiger partial charge on any atom is -0.468 e. The number of rotatable bonds is 13. The standard InChI is InChI=1S/C23H40N6O2/c1-4-5-18-31-22-26-20(24-2)19-21(27-22)29(23(25-19)30-3)17-13-9-8-12-16-28-14-10-6-7-11-15-28/h4-18H2,1-3H3,(H,24,26,27). The fourth-order valence-electron chi connectivity index (χ4n) is 4.18. The average Bonchev–Trinajstić information content (AvgIpc) is 2.95. The van der Waals surface area contributed by atoms with Crippen molar-refractivity contribution in [3.63, 3.8) is 0 Å². The van der Waals surface area contributed by atoms with Crippen molar-refractivity contribution in [1.29, 1.82) is 0 Å². The van der Waals surface area contributed by atoms with Crippen LogP contribution in [0.4, 0.5) is 5.82 Å². The number of aromatic nitrogens is 4. The third-order valence-electron chi connectivity index (χ3n) is 5.99. The van der Waals surface area contributed by atoms with Crippen LogP contribution in [0.2, 0.25) is 0 Å². The summed E-state index contributed by atoms with van der Waals surface area (Å²) in [4.78, 5) is 16.4. The van der Waals surface area contributed by atoms with E-state index in [2.05, 4.69) is 36.7 Å². The van der Waals surface area contributed by atoms with Crippen LogP contribution in [0, 0.1) is 0 Å². The van der Waals surface area contributed by atoms with E-state index in [1.54, 1.807) is 7.11 Å². The molecule has 8 nitrogen and oxygen atoms in total. The minimum absolute atomic E-state index is 0.395. The summed E-state index contributed by atoms with van der Waals surface area (Å²) in [7, 11) is 3.50. The molecule has 1 fully saturated rings. The smallest absolute Gasteiger partial charge is 0.320 e. The molecule has 8 heteroatoms. The SMILES string of the molecule is CCCCOc1nc(NC)c2nc(OC)n(CCCCCCN3CCCCCC3)c2n1. The molecule has 31 heavy (non-hydrogen) atoms. The van der Waals surface area contributed by atoms with Gasteiger partial charge in [0.25, 0.3) is 6.01 Å². The monoisotopic (exact) mass is 432 g/mol. The number of likely N-dealkylation sites (tertiary alicyclic amines) is 1. The number of fused-ring (bicyclic) bond motifs is 1. The van der Waals surface area contributed by atoms with Gasteiger partial charge in [-0.2, -0.15) is 15.0 Å². The molecule has 0 atom stereocenters. The maximum Gasteiger partial charge on any atom is 0.320 e. The summed E-state index contributed by atoms with van der Waals surface area (Å²) in [5.74, 6) is 0.672. The predicted molar refractivity (Wildman–Crippen MR) is 125 cm³/mol. The first kappa shape index (κ1) is 23.6. The van der Waals surface area contributed by atoms with E-state index in [9.17, 15) is 0 Å². The second-order valence-corrected chi connectivity index (χ2v) is 8.40. The Hall–Kier alpha value is -2.09. The molecular weight excluding hydrogens is 392 g/mol. The Kier molecular flexibility index (Phi) is 9.65. The number of hydrogen-bond donors (Lipinski definition) is 1. The molecule has 0 amide bonds. The van der Waals surface area contributed by atoms with Gasteiger partial charge in [0.1, 0.15) is 0 Å². The van der Waals surface area contributed by atoms with Gasteiger partial charge in [0.05, 0.1) is 13.7 Å². The molecule has 1 N–H and O–H groups in total. The average molecular weight is 433 g/mol. The van der Waals surface area contributed by atoms with E-state index < -0.39 is 0 Å². The number of ether oxygens (including phenoxy) is 2. The Balaban J connectivity index is 1.57. The number of imidazole rings is 1. The number of hydrogen-bond acceptors (Lipinski definition) is 7. The number of nitrogens with zero attached hydrogens (tertiary/aromatic N) is 5. The molecule has 0 bridgehead atoms. The molecular formula is C23H40N6O2. The fourth-order valence-corrected chi connectivity index (χ4v) is 4.18. The molecule has 3 rings (SSSR count). The molecule has 1 aliphatic heterocycles. The van der Waals surface area contributed by atoms with Crippen LogP contribution in [0.5, 0.6) is 12.0 Å². The molecule has 0 saturated carbocycles. The van der Waals surface area contributed by atoms with Gasteiger partial charge in [-0.15, -0.1) is 0 Å². The lowest BCUT2D eigenvalue weighted by atomic mass is 10.2. The van der Waals surface area contributed by atoms with Crippen molar-refractivity contribution in [1.82, 2.24) is 24.4 Å². The number of aryl methyl sites for hydroxylation is 1. The lowest BCUT2D eigenvalue weighted by Gasteiger charge is -2.19. The van der Waals surface area contributed by atoms with Gasteiger partial charge in [0.15, 0.2) is 17.0 Å². The van der Waals surface area contributed by atoms with Crippen molar-refractivity contribution in [2.24, 2.45) is 0 Å². The van der Waals surface area contributed by atoms with Gasteiger partial charge < -0.3 is 19.7 Å². The Morgan fingerprint density at radius 2 is 1.65 bits per heavy atom. The lowest BCUT2D eigenvalue weighted by Crippen LogP contribution is -2.25. The van der Waals surface area contributed by atoms with Gasteiger partial charge in [0, 0.05) is 13.6 Å². The highest BCUT2D eigenvalue weighted by Crippen LogP contribution is 2.27. The van der Waals surface area contributed by atoms with Crippen LogP contribution in [-0.2, 0) is 6.54 Å². The number of anilines is 1. The van der Waals surface area contributed by atoms with Crippen molar-refractivity contribution in [3.05, 3.63) is 0 Å².